The Balaban J connectivity index is 2.20. The summed E-state index contributed by atoms with van der Waals surface area (Å²) in [5, 5.41) is 0. The highest BCUT2D eigenvalue weighted by molar-refractivity contribution is 5.32. The summed E-state index contributed by atoms with van der Waals surface area (Å²) in [5.41, 5.74) is 1.89. The number of aromatic nitrogens is 2. The minimum Gasteiger partial charge on any atom is -0.338 e. The molecule has 0 aliphatic carbocycles. The average Bonchev–Trinajstić information content (AvgIpc) is 2.16. The molecule has 0 bridgehead atoms. The van der Waals surface area contributed by atoms with Crippen LogP contribution in [0.4, 0.5) is 10.3 Å². The van der Waals surface area contributed by atoms with Crippen LogP contribution in [0.2, 0.25) is 0 Å². The molecule has 0 saturated carbocycles. The van der Waals surface area contributed by atoms with Gasteiger partial charge < -0.3 is 4.90 Å². The van der Waals surface area contributed by atoms with Gasteiger partial charge in [-0.1, -0.05) is 0 Å². The van der Waals surface area contributed by atoms with Crippen LogP contribution in [0.1, 0.15) is 24.2 Å². The maximum absolute atomic E-state index is 13.2. The van der Waals surface area contributed by atoms with Gasteiger partial charge in [0.25, 0.3) is 0 Å². The first-order chi connectivity index (χ1) is 7.15. The van der Waals surface area contributed by atoms with Crippen molar-refractivity contribution in [3.05, 3.63) is 17.5 Å². The molecule has 0 N–H and O–H groups in total. The molecule has 4 heteroatoms. The van der Waals surface area contributed by atoms with Crippen molar-refractivity contribution in [3.8, 4) is 0 Å². The standard InChI is InChI=1S/C11H16FN3/c1-8-6-9(2)14-11(13-8)15-5-3-4-10(12)7-15/h6,10H,3-5,7H2,1-2H3. The number of hydrogen-bond donors (Lipinski definition) is 0. The third-order valence-corrected chi connectivity index (χ3v) is 2.62. The molecule has 0 spiro atoms. The molecule has 0 aromatic carbocycles. The number of nitrogens with zero attached hydrogens (tertiary/aromatic N) is 3. The fourth-order valence-electron chi connectivity index (χ4n) is 1.96. The summed E-state index contributed by atoms with van der Waals surface area (Å²) in [6.07, 6.45) is 0.821. The van der Waals surface area contributed by atoms with E-state index < -0.39 is 6.17 Å². The van der Waals surface area contributed by atoms with Crippen molar-refractivity contribution < 1.29 is 4.39 Å². The van der Waals surface area contributed by atoms with E-state index in [1.807, 2.05) is 24.8 Å². The molecule has 1 saturated heterocycles. The fraction of sp³-hybridized carbons (Fsp3) is 0.636. The van der Waals surface area contributed by atoms with E-state index in [9.17, 15) is 4.39 Å². The molecule has 2 heterocycles. The largest absolute Gasteiger partial charge is 0.338 e. The van der Waals surface area contributed by atoms with Gasteiger partial charge >= 0.3 is 0 Å². The van der Waals surface area contributed by atoms with E-state index in [0.717, 1.165) is 24.4 Å². The second-order valence-corrected chi connectivity index (χ2v) is 4.14. The fourth-order valence-corrected chi connectivity index (χ4v) is 1.96. The van der Waals surface area contributed by atoms with Crippen molar-refractivity contribution in [1.82, 2.24) is 9.97 Å². The highest BCUT2D eigenvalue weighted by atomic mass is 19.1. The van der Waals surface area contributed by atoms with Crippen molar-refractivity contribution in [2.75, 3.05) is 18.0 Å². The second-order valence-electron chi connectivity index (χ2n) is 4.14. The molecule has 1 aromatic rings. The van der Waals surface area contributed by atoms with Gasteiger partial charge in [0.05, 0.1) is 6.54 Å². The molecule has 3 nitrogen and oxygen atoms in total. The zero-order chi connectivity index (χ0) is 10.8. The number of anilines is 1. The van der Waals surface area contributed by atoms with Crippen molar-refractivity contribution in [2.24, 2.45) is 0 Å². The van der Waals surface area contributed by atoms with E-state index >= 15 is 0 Å². The van der Waals surface area contributed by atoms with Crippen LogP contribution in [0.3, 0.4) is 0 Å². The van der Waals surface area contributed by atoms with Gasteiger partial charge in [-0.25, -0.2) is 14.4 Å². The molecule has 0 amide bonds. The first kappa shape index (κ1) is 10.3. The average molecular weight is 209 g/mol. The lowest BCUT2D eigenvalue weighted by molar-refractivity contribution is 0.285. The molecule has 1 unspecified atom stereocenters. The van der Waals surface area contributed by atoms with E-state index in [0.29, 0.717) is 18.9 Å². The summed E-state index contributed by atoms with van der Waals surface area (Å²) in [6.45, 7) is 5.18. The van der Waals surface area contributed by atoms with E-state index in [2.05, 4.69) is 9.97 Å². The lowest BCUT2D eigenvalue weighted by Gasteiger charge is -2.29. The summed E-state index contributed by atoms with van der Waals surface area (Å²) >= 11 is 0. The number of halogens is 1. The molecular weight excluding hydrogens is 193 g/mol. The quantitative estimate of drug-likeness (QED) is 0.708. The lowest BCUT2D eigenvalue weighted by atomic mass is 10.1. The number of rotatable bonds is 1. The molecule has 1 fully saturated rings. The maximum atomic E-state index is 13.2. The van der Waals surface area contributed by atoms with Crippen LogP contribution < -0.4 is 4.90 Å². The SMILES string of the molecule is Cc1cc(C)nc(N2CCCC(F)C2)n1. The van der Waals surface area contributed by atoms with Gasteiger partial charge in [0.15, 0.2) is 0 Å². The Bertz CT molecular complexity index is 333. The summed E-state index contributed by atoms with van der Waals surface area (Å²) in [7, 11) is 0. The summed E-state index contributed by atoms with van der Waals surface area (Å²) in [4.78, 5) is 10.6. The first-order valence-electron chi connectivity index (χ1n) is 5.36. The predicted molar refractivity (Wildman–Crippen MR) is 57.8 cm³/mol. The second kappa shape index (κ2) is 4.13. The number of hydrogen-bond acceptors (Lipinski definition) is 3. The van der Waals surface area contributed by atoms with Gasteiger partial charge in [0.1, 0.15) is 6.17 Å². The Morgan fingerprint density at radius 3 is 2.60 bits per heavy atom. The summed E-state index contributed by atoms with van der Waals surface area (Å²) < 4.78 is 13.2. The Hall–Kier alpha value is -1.19. The van der Waals surface area contributed by atoms with Gasteiger partial charge in [-0.15, -0.1) is 0 Å². The molecule has 1 aliphatic rings. The van der Waals surface area contributed by atoms with Crippen molar-refractivity contribution >= 4 is 5.95 Å². The van der Waals surface area contributed by atoms with Crippen molar-refractivity contribution in [3.63, 3.8) is 0 Å². The van der Waals surface area contributed by atoms with E-state index in [4.69, 9.17) is 0 Å². The minimum absolute atomic E-state index is 0.433. The van der Waals surface area contributed by atoms with Crippen molar-refractivity contribution in [2.45, 2.75) is 32.9 Å². The van der Waals surface area contributed by atoms with Gasteiger partial charge in [-0.2, -0.15) is 0 Å². The zero-order valence-corrected chi connectivity index (χ0v) is 9.20. The highest BCUT2D eigenvalue weighted by Crippen LogP contribution is 2.18. The van der Waals surface area contributed by atoms with Crippen LogP contribution >= 0.6 is 0 Å². The first-order valence-corrected chi connectivity index (χ1v) is 5.36. The molecular formula is C11H16FN3. The Kier molecular flexibility index (Phi) is 2.84. The van der Waals surface area contributed by atoms with Crippen LogP contribution in [0.5, 0.6) is 0 Å². The van der Waals surface area contributed by atoms with Crippen LogP contribution in [0.25, 0.3) is 0 Å². The Morgan fingerprint density at radius 2 is 2.00 bits per heavy atom. The van der Waals surface area contributed by atoms with Crippen LogP contribution in [-0.4, -0.2) is 29.2 Å². The van der Waals surface area contributed by atoms with Gasteiger partial charge in [0.2, 0.25) is 5.95 Å². The monoisotopic (exact) mass is 209 g/mol. The molecule has 2 rings (SSSR count). The minimum atomic E-state index is -0.733. The highest BCUT2D eigenvalue weighted by Gasteiger charge is 2.21. The summed E-state index contributed by atoms with van der Waals surface area (Å²) in [5.74, 6) is 0.676. The Labute approximate surface area is 89.3 Å². The maximum Gasteiger partial charge on any atom is 0.225 e. The van der Waals surface area contributed by atoms with Crippen LogP contribution in [0, 0.1) is 13.8 Å². The third-order valence-electron chi connectivity index (χ3n) is 2.62. The molecule has 1 aliphatic heterocycles. The number of alkyl halides is 1. The Morgan fingerprint density at radius 1 is 1.33 bits per heavy atom. The van der Waals surface area contributed by atoms with Crippen LogP contribution in [0.15, 0.2) is 6.07 Å². The molecule has 1 aromatic heterocycles. The predicted octanol–water partition coefficient (Wildman–Crippen LogP) is 2.03. The topological polar surface area (TPSA) is 29.0 Å². The van der Waals surface area contributed by atoms with E-state index in [1.54, 1.807) is 0 Å². The number of piperidine rings is 1. The zero-order valence-electron chi connectivity index (χ0n) is 9.20. The summed E-state index contributed by atoms with van der Waals surface area (Å²) in [6, 6.07) is 1.93. The normalized spacial score (nSPS) is 21.8. The molecule has 0 radical (unpaired) electrons. The molecule has 82 valence electrons. The third kappa shape index (κ3) is 2.43. The molecule has 15 heavy (non-hydrogen) atoms. The number of aryl methyl sites for hydroxylation is 2. The lowest BCUT2D eigenvalue weighted by Crippen LogP contribution is -2.37. The van der Waals surface area contributed by atoms with E-state index in [-0.39, 0.29) is 0 Å². The van der Waals surface area contributed by atoms with Gasteiger partial charge in [0, 0.05) is 17.9 Å². The smallest absolute Gasteiger partial charge is 0.225 e. The van der Waals surface area contributed by atoms with Gasteiger partial charge in [-0.05, 0) is 32.8 Å². The molecule has 1 atom stereocenters. The van der Waals surface area contributed by atoms with Crippen LogP contribution in [-0.2, 0) is 0 Å². The van der Waals surface area contributed by atoms with Crippen molar-refractivity contribution in [1.29, 1.82) is 0 Å². The van der Waals surface area contributed by atoms with E-state index in [1.165, 1.54) is 0 Å². The van der Waals surface area contributed by atoms with Gasteiger partial charge in [-0.3, -0.25) is 0 Å².